The summed E-state index contributed by atoms with van der Waals surface area (Å²) in [5.41, 5.74) is 0.993. The molecule has 0 aliphatic carbocycles. The number of halogens is 3. The first-order chi connectivity index (χ1) is 14.6. The summed E-state index contributed by atoms with van der Waals surface area (Å²) in [4.78, 5) is 25.1. The van der Waals surface area contributed by atoms with Gasteiger partial charge in [-0.25, -0.2) is 0 Å². The lowest BCUT2D eigenvalue weighted by Crippen LogP contribution is -2.19. The summed E-state index contributed by atoms with van der Waals surface area (Å²) in [6.07, 6.45) is -3.16. The van der Waals surface area contributed by atoms with Crippen LogP contribution in [0.2, 0.25) is 0 Å². The standard InChI is InChI=1S/C22H24F3N3O3/c1-28(2)15-6-8-19(17(13-15)22(23,24)25)27-20(29)4-3-11-31-16-7-9-18-14(12-16)5-10-21(30)26-18/h6-9,12-13H,3-5,10-11H2,1-2H3,(H,26,30)(H,27,29). The molecule has 0 radical (unpaired) electrons. The third kappa shape index (κ3) is 5.90. The number of carbonyl (C=O) groups excluding carboxylic acids is 2. The van der Waals surface area contributed by atoms with E-state index in [4.69, 9.17) is 4.74 Å². The summed E-state index contributed by atoms with van der Waals surface area (Å²) in [6.45, 7) is 0.240. The van der Waals surface area contributed by atoms with Crippen molar-refractivity contribution < 1.29 is 27.5 Å². The number of hydrogen-bond donors (Lipinski definition) is 2. The number of alkyl halides is 3. The van der Waals surface area contributed by atoms with E-state index in [-0.39, 0.29) is 24.6 Å². The highest BCUT2D eigenvalue weighted by atomic mass is 19.4. The average Bonchev–Trinajstić information content (AvgIpc) is 2.70. The minimum absolute atomic E-state index is 0.0165. The van der Waals surface area contributed by atoms with Crippen molar-refractivity contribution in [1.82, 2.24) is 0 Å². The Balaban J connectivity index is 1.52. The predicted molar refractivity (Wildman–Crippen MR) is 113 cm³/mol. The molecular formula is C22H24F3N3O3. The van der Waals surface area contributed by atoms with Crippen LogP contribution in [-0.2, 0) is 22.2 Å². The fraction of sp³-hybridized carbons (Fsp3) is 0.364. The molecule has 2 aromatic rings. The molecule has 2 N–H and O–H groups in total. The highest BCUT2D eigenvalue weighted by molar-refractivity contribution is 5.94. The van der Waals surface area contributed by atoms with Gasteiger partial charge in [0.15, 0.2) is 0 Å². The van der Waals surface area contributed by atoms with E-state index >= 15 is 0 Å². The van der Waals surface area contributed by atoms with E-state index in [1.807, 2.05) is 6.07 Å². The molecule has 1 heterocycles. The van der Waals surface area contributed by atoms with Crippen molar-refractivity contribution in [2.75, 3.05) is 36.2 Å². The molecule has 0 saturated carbocycles. The fourth-order valence-electron chi connectivity index (χ4n) is 3.24. The zero-order valence-electron chi connectivity index (χ0n) is 17.3. The maximum Gasteiger partial charge on any atom is 0.418 e. The second kappa shape index (κ2) is 9.28. The van der Waals surface area contributed by atoms with E-state index < -0.39 is 17.6 Å². The van der Waals surface area contributed by atoms with E-state index in [9.17, 15) is 22.8 Å². The van der Waals surface area contributed by atoms with Crippen LogP contribution in [0, 0.1) is 0 Å². The van der Waals surface area contributed by atoms with Gasteiger partial charge >= 0.3 is 6.18 Å². The number of nitrogens with zero attached hydrogens (tertiary/aromatic N) is 1. The molecule has 0 atom stereocenters. The van der Waals surface area contributed by atoms with Crippen LogP contribution in [0.1, 0.15) is 30.4 Å². The molecular weight excluding hydrogens is 411 g/mol. The molecule has 9 heteroatoms. The van der Waals surface area contributed by atoms with Crippen molar-refractivity contribution in [3.05, 3.63) is 47.5 Å². The predicted octanol–water partition coefficient (Wildman–Crippen LogP) is 4.45. The number of ether oxygens (including phenoxy) is 1. The van der Waals surface area contributed by atoms with Gasteiger partial charge < -0.3 is 20.3 Å². The monoisotopic (exact) mass is 435 g/mol. The molecule has 2 aromatic carbocycles. The molecule has 6 nitrogen and oxygen atoms in total. The Hall–Kier alpha value is -3.23. The lowest BCUT2D eigenvalue weighted by Gasteiger charge is -2.19. The molecule has 2 amide bonds. The normalized spacial score (nSPS) is 13.3. The lowest BCUT2D eigenvalue weighted by molar-refractivity contribution is -0.137. The second-order valence-electron chi connectivity index (χ2n) is 7.49. The molecule has 31 heavy (non-hydrogen) atoms. The van der Waals surface area contributed by atoms with Crippen LogP contribution in [0.25, 0.3) is 0 Å². The highest BCUT2D eigenvalue weighted by Crippen LogP contribution is 2.37. The van der Waals surface area contributed by atoms with Crippen LogP contribution in [0.4, 0.5) is 30.2 Å². The largest absolute Gasteiger partial charge is 0.494 e. The number of benzene rings is 2. The molecule has 1 aliphatic heterocycles. The van der Waals surface area contributed by atoms with Crippen LogP contribution in [0.15, 0.2) is 36.4 Å². The summed E-state index contributed by atoms with van der Waals surface area (Å²) in [5.74, 6) is 0.0889. The van der Waals surface area contributed by atoms with Crippen LogP contribution >= 0.6 is 0 Å². The first-order valence-corrected chi connectivity index (χ1v) is 9.87. The van der Waals surface area contributed by atoms with Gasteiger partial charge in [-0.15, -0.1) is 0 Å². The number of aryl methyl sites for hydroxylation is 1. The Bertz CT molecular complexity index is 974. The molecule has 0 saturated heterocycles. The van der Waals surface area contributed by atoms with E-state index in [0.29, 0.717) is 30.7 Å². The molecule has 3 rings (SSSR count). The van der Waals surface area contributed by atoms with Gasteiger partial charge in [-0.1, -0.05) is 0 Å². The van der Waals surface area contributed by atoms with Gasteiger partial charge in [0, 0.05) is 38.3 Å². The van der Waals surface area contributed by atoms with Gasteiger partial charge in [0.05, 0.1) is 17.9 Å². The number of hydrogen-bond acceptors (Lipinski definition) is 4. The SMILES string of the molecule is CN(C)c1ccc(NC(=O)CCCOc2ccc3c(c2)CCC(=O)N3)c(C(F)(F)F)c1. The second-order valence-corrected chi connectivity index (χ2v) is 7.49. The number of nitrogens with one attached hydrogen (secondary N) is 2. The topological polar surface area (TPSA) is 70.7 Å². The van der Waals surface area contributed by atoms with Crippen LogP contribution in [0.5, 0.6) is 5.75 Å². The van der Waals surface area contributed by atoms with Crippen LogP contribution in [-0.4, -0.2) is 32.5 Å². The molecule has 0 unspecified atom stereocenters. The Labute approximate surface area is 178 Å². The quantitative estimate of drug-likeness (QED) is 0.631. The van der Waals surface area contributed by atoms with Crippen molar-refractivity contribution >= 4 is 28.9 Å². The maximum atomic E-state index is 13.4. The van der Waals surface area contributed by atoms with Crippen LogP contribution in [0.3, 0.4) is 0 Å². The zero-order valence-corrected chi connectivity index (χ0v) is 17.3. The van der Waals surface area contributed by atoms with E-state index in [1.165, 1.54) is 12.1 Å². The van der Waals surface area contributed by atoms with Crippen molar-refractivity contribution in [1.29, 1.82) is 0 Å². The highest BCUT2D eigenvalue weighted by Gasteiger charge is 2.34. The minimum Gasteiger partial charge on any atom is -0.494 e. The molecule has 166 valence electrons. The van der Waals surface area contributed by atoms with E-state index in [2.05, 4.69) is 10.6 Å². The minimum atomic E-state index is -4.58. The molecule has 0 fully saturated rings. The smallest absolute Gasteiger partial charge is 0.418 e. The number of rotatable bonds is 7. The van der Waals surface area contributed by atoms with E-state index in [1.54, 1.807) is 31.1 Å². The molecule has 1 aliphatic rings. The summed E-state index contributed by atoms with van der Waals surface area (Å²) >= 11 is 0. The number of amides is 2. The van der Waals surface area contributed by atoms with Gasteiger partial charge in [0.1, 0.15) is 5.75 Å². The molecule has 0 aromatic heterocycles. The maximum absolute atomic E-state index is 13.4. The van der Waals surface area contributed by atoms with Crippen LogP contribution < -0.4 is 20.3 Å². The van der Waals surface area contributed by atoms with Gasteiger partial charge in [-0.3, -0.25) is 9.59 Å². The summed E-state index contributed by atoms with van der Waals surface area (Å²) in [5, 5.41) is 5.14. The fourth-order valence-corrected chi connectivity index (χ4v) is 3.24. The first-order valence-electron chi connectivity index (χ1n) is 9.87. The first kappa shape index (κ1) is 22.5. The third-order valence-electron chi connectivity index (χ3n) is 4.89. The summed E-state index contributed by atoms with van der Waals surface area (Å²) in [6, 6.07) is 9.13. The zero-order chi connectivity index (χ0) is 22.6. The number of anilines is 3. The van der Waals surface area contributed by atoms with Crippen molar-refractivity contribution in [2.24, 2.45) is 0 Å². The van der Waals surface area contributed by atoms with Gasteiger partial charge in [-0.2, -0.15) is 13.2 Å². The molecule has 0 spiro atoms. The molecule has 0 bridgehead atoms. The summed E-state index contributed by atoms with van der Waals surface area (Å²) in [7, 11) is 3.29. The Morgan fingerprint density at radius 3 is 2.65 bits per heavy atom. The number of carbonyl (C=O) groups is 2. The Morgan fingerprint density at radius 2 is 1.94 bits per heavy atom. The summed E-state index contributed by atoms with van der Waals surface area (Å²) < 4.78 is 45.7. The van der Waals surface area contributed by atoms with Crippen molar-refractivity contribution in [3.8, 4) is 5.75 Å². The van der Waals surface area contributed by atoms with Crippen molar-refractivity contribution in [3.63, 3.8) is 0 Å². The van der Waals surface area contributed by atoms with Crippen molar-refractivity contribution in [2.45, 2.75) is 31.9 Å². The Morgan fingerprint density at radius 1 is 1.16 bits per heavy atom. The Kier molecular flexibility index (Phi) is 6.72. The average molecular weight is 435 g/mol. The van der Waals surface area contributed by atoms with Gasteiger partial charge in [0.2, 0.25) is 11.8 Å². The third-order valence-corrected chi connectivity index (χ3v) is 4.89. The number of fused-ring (bicyclic) bond motifs is 1. The van der Waals surface area contributed by atoms with E-state index in [0.717, 1.165) is 17.3 Å². The lowest BCUT2D eigenvalue weighted by atomic mass is 10.0. The van der Waals surface area contributed by atoms with Gasteiger partial charge in [0.25, 0.3) is 0 Å². The van der Waals surface area contributed by atoms with Gasteiger partial charge in [-0.05, 0) is 54.8 Å².